The molecule has 1 amide bonds. The van der Waals surface area contributed by atoms with E-state index in [1.165, 1.54) is 24.3 Å². The molecule has 0 unspecified atom stereocenters. The van der Waals surface area contributed by atoms with Crippen LogP contribution in [-0.4, -0.2) is 34.5 Å². The maximum Gasteiger partial charge on any atom is 0.251 e. The maximum absolute atomic E-state index is 11.3. The Hall–Kier alpha value is -1.44. The van der Waals surface area contributed by atoms with Gasteiger partial charge in [0, 0.05) is 12.1 Å². The Morgan fingerprint density at radius 3 is 1.95 bits per heavy atom. The highest BCUT2D eigenvalue weighted by Crippen LogP contribution is 2.08. The Kier molecular flexibility index (Phi) is 7.97. The molecule has 0 spiro atoms. The SMILES string of the molecule is CCNC.CCNC(=O)c1ccc(S(N)(=O)=O)cc1. The Balaban J connectivity index is 0.000000711. The lowest BCUT2D eigenvalue weighted by Crippen LogP contribution is -2.22. The van der Waals surface area contributed by atoms with Crippen LogP contribution in [0.15, 0.2) is 29.2 Å². The topological polar surface area (TPSA) is 101 Å². The third-order valence-electron chi connectivity index (χ3n) is 2.14. The summed E-state index contributed by atoms with van der Waals surface area (Å²) in [5.41, 5.74) is 0.407. The van der Waals surface area contributed by atoms with Crippen LogP contribution >= 0.6 is 0 Å². The highest BCUT2D eigenvalue weighted by atomic mass is 32.2. The molecule has 0 aliphatic rings. The minimum atomic E-state index is -3.69. The van der Waals surface area contributed by atoms with Crippen LogP contribution in [0, 0.1) is 0 Å². The van der Waals surface area contributed by atoms with Crippen LogP contribution in [0.4, 0.5) is 0 Å². The van der Waals surface area contributed by atoms with Crippen molar-refractivity contribution in [3.8, 4) is 0 Å². The Labute approximate surface area is 114 Å². The summed E-state index contributed by atoms with van der Waals surface area (Å²) in [6.45, 7) is 5.46. The van der Waals surface area contributed by atoms with E-state index in [9.17, 15) is 13.2 Å². The fraction of sp³-hybridized carbons (Fsp3) is 0.417. The number of sulfonamides is 1. The molecule has 0 aliphatic carbocycles. The van der Waals surface area contributed by atoms with E-state index in [0.29, 0.717) is 12.1 Å². The molecule has 1 aromatic rings. The fourth-order valence-electron chi connectivity index (χ4n) is 1.06. The number of carbonyl (C=O) groups excluding carboxylic acids is 1. The van der Waals surface area contributed by atoms with Crippen molar-refractivity contribution in [3.05, 3.63) is 29.8 Å². The molecule has 0 saturated carbocycles. The van der Waals surface area contributed by atoms with E-state index in [4.69, 9.17) is 5.14 Å². The molecule has 0 bridgehead atoms. The number of nitrogens with one attached hydrogen (secondary N) is 2. The van der Waals surface area contributed by atoms with Crippen molar-refractivity contribution in [2.45, 2.75) is 18.7 Å². The van der Waals surface area contributed by atoms with Crippen LogP contribution in [0.2, 0.25) is 0 Å². The van der Waals surface area contributed by atoms with Gasteiger partial charge in [-0.15, -0.1) is 0 Å². The number of rotatable bonds is 4. The van der Waals surface area contributed by atoms with E-state index >= 15 is 0 Å². The summed E-state index contributed by atoms with van der Waals surface area (Å²) < 4.78 is 21.8. The number of benzene rings is 1. The van der Waals surface area contributed by atoms with Crippen LogP contribution in [0.1, 0.15) is 24.2 Å². The minimum absolute atomic E-state index is 0.00412. The van der Waals surface area contributed by atoms with Crippen molar-refractivity contribution in [1.29, 1.82) is 0 Å². The third kappa shape index (κ3) is 6.90. The normalized spacial score (nSPS) is 10.3. The van der Waals surface area contributed by atoms with Gasteiger partial charge in [0.05, 0.1) is 4.90 Å². The molecule has 0 aliphatic heterocycles. The molecule has 0 radical (unpaired) electrons. The molecule has 108 valence electrons. The number of amides is 1. The van der Waals surface area contributed by atoms with Crippen LogP contribution < -0.4 is 15.8 Å². The quantitative estimate of drug-likeness (QED) is 0.741. The first-order valence-corrected chi connectivity index (χ1v) is 7.47. The summed E-state index contributed by atoms with van der Waals surface area (Å²) in [6.07, 6.45) is 0. The van der Waals surface area contributed by atoms with Gasteiger partial charge in [-0.2, -0.15) is 0 Å². The predicted octanol–water partition coefficient (Wildman–Crippen LogP) is 0.309. The molecule has 6 nitrogen and oxygen atoms in total. The van der Waals surface area contributed by atoms with Crippen LogP contribution in [0.5, 0.6) is 0 Å². The summed E-state index contributed by atoms with van der Waals surface area (Å²) in [5.74, 6) is -0.238. The van der Waals surface area contributed by atoms with Gasteiger partial charge in [-0.25, -0.2) is 13.6 Å². The van der Waals surface area contributed by atoms with E-state index in [1.807, 2.05) is 7.05 Å². The largest absolute Gasteiger partial charge is 0.352 e. The summed E-state index contributed by atoms with van der Waals surface area (Å²) in [5, 5.41) is 10.4. The summed E-state index contributed by atoms with van der Waals surface area (Å²) in [7, 11) is -1.76. The molecule has 7 heteroatoms. The molecule has 0 heterocycles. The van der Waals surface area contributed by atoms with Crippen molar-refractivity contribution in [1.82, 2.24) is 10.6 Å². The number of primary sulfonamides is 1. The van der Waals surface area contributed by atoms with Crippen molar-refractivity contribution in [2.24, 2.45) is 5.14 Å². The van der Waals surface area contributed by atoms with E-state index in [-0.39, 0.29) is 10.8 Å². The number of nitrogens with two attached hydrogens (primary N) is 1. The molecule has 1 rings (SSSR count). The molecule has 4 N–H and O–H groups in total. The van der Waals surface area contributed by atoms with Crippen molar-refractivity contribution >= 4 is 15.9 Å². The van der Waals surface area contributed by atoms with Gasteiger partial charge in [0.2, 0.25) is 10.0 Å². The molecule has 1 aromatic carbocycles. The highest BCUT2D eigenvalue weighted by molar-refractivity contribution is 7.89. The number of carbonyl (C=O) groups is 1. The summed E-state index contributed by atoms with van der Waals surface area (Å²) >= 11 is 0. The zero-order valence-electron chi connectivity index (χ0n) is 11.4. The van der Waals surface area contributed by atoms with Crippen LogP contribution in [0.3, 0.4) is 0 Å². The Bertz CT molecular complexity index is 481. The van der Waals surface area contributed by atoms with Gasteiger partial charge in [-0.1, -0.05) is 6.92 Å². The van der Waals surface area contributed by atoms with E-state index in [0.717, 1.165) is 6.54 Å². The maximum atomic E-state index is 11.3. The van der Waals surface area contributed by atoms with Gasteiger partial charge in [0.15, 0.2) is 0 Å². The number of hydrogen-bond acceptors (Lipinski definition) is 4. The molecule has 0 saturated heterocycles. The van der Waals surface area contributed by atoms with Gasteiger partial charge < -0.3 is 10.6 Å². The molecular weight excluding hydrogens is 266 g/mol. The van der Waals surface area contributed by atoms with Crippen molar-refractivity contribution < 1.29 is 13.2 Å². The molecule has 0 atom stereocenters. The summed E-state index contributed by atoms with van der Waals surface area (Å²) in [6, 6.07) is 5.45. The molecule has 0 fully saturated rings. The van der Waals surface area contributed by atoms with Crippen molar-refractivity contribution in [3.63, 3.8) is 0 Å². The van der Waals surface area contributed by atoms with Crippen LogP contribution in [-0.2, 0) is 10.0 Å². The predicted molar refractivity (Wildman–Crippen MR) is 75.4 cm³/mol. The molecule has 19 heavy (non-hydrogen) atoms. The number of hydrogen-bond donors (Lipinski definition) is 3. The van der Waals surface area contributed by atoms with Gasteiger partial charge in [-0.05, 0) is 44.8 Å². The smallest absolute Gasteiger partial charge is 0.251 e. The first kappa shape index (κ1) is 17.6. The second kappa shape index (κ2) is 8.63. The second-order valence-electron chi connectivity index (χ2n) is 3.64. The first-order valence-electron chi connectivity index (χ1n) is 5.92. The standard InChI is InChI=1S/C9H12N2O3S.C3H9N/c1-2-11-9(12)7-3-5-8(6-4-7)15(10,13)14;1-3-4-2/h3-6H,2H2,1H3,(H,11,12)(H2,10,13,14);4H,3H2,1-2H3. The van der Waals surface area contributed by atoms with E-state index < -0.39 is 10.0 Å². The summed E-state index contributed by atoms with van der Waals surface area (Å²) in [4.78, 5) is 11.3. The second-order valence-corrected chi connectivity index (χ2v) is 5.20. The minimum Gasteiger partial charge on any atom is -0.352 e. The lowest BCUT2D eigenvalue weighted by atomic mass is 10.2. The van der Waals surface area contributed by atoms with Gasteiger partial charge in [-0.3, -0.25) is 4.79 Å². The van der Waals surface area contributed by atoms with Crippen molar-refractivity contribution in [2.75, 3.05) is 20.1 Å². The highest BCUT2D eigenvalue weighted by Gasteiger charge is 2.09. The third-order valence-corrected chi connectivity index (χ3v) is 3.07. The van der Waals surface area contributed by atoms with E-state index in [1.54, 1.807) is 6.92 Å². The average molecular weight is 287 g/mol. The Morgan fingerprint density at radius 2 is 1.63 bits per heavy atom. The zero-order chi connectivity index (χ0) is 14.9. The zero-order valence-corrected chi connectivity index (χ0v) is 12.3. The molecular formula is C12H21N3O3S. The fourth-order valence-corrected chi connectivity index (χ4v) is 1.57. The molecule has 0 aromatic heterocycles. The van der Waals surface area contributed by atoms with Gasteiger partial charge in [0.1, 0.15) is 0 Å². The van der Waals surface area contributed by atoms with Gasteiger partial charge >= 0.3 is 0 Å². The lowest BCUT2D eigenvalue weighted by molar-refractivity contribution is 0.0955. The Morgan fingerprint density at radius 1 is 1.16 bits per heavy atom. The first-order chi connectivity index (χ1) is 8.86. The van der Waals surface area contributed by atoms with Gasteiger partial charge in [0.25, 0.3) is 5.91 Å². The van der Waals surface area contributed by atoms with E-state index in [2.05, 4.69) is 17.6 Å². The monoisotopic (exact) mass is 287 g/mol. The average Bonchev–Trinajstić information content (AvgIpc) is 2.38. The lowest BCUT2D eigenvalue weighted by Gasteiger charge is -2.02. The van der Waals surface area contributed by atoms with Crippen LogP contribution in [0.25, 0.3) is 0 Å².